The SMILES string of the molecule is c1ccc(-c2cccc(-c3cccc(C4=NC(c5cccc(-c6ccccc6)c5)N4)c3)c2)cc1. The second kappa shape index (κ2) is 8.84. The van der Waals surface area contributed by atoms with Crippen molar-refractivity contribution in [2.45, 2.75) is 6.17 Å². The van der Waals surface area contributed by atoms with Crippen molar-refractivity contribution < 1.29 is 0 Å². The molecule has 0 bridgehead atoms. The third-order valence-electron chi connectivity index (χ3n) is 6.28. The monoisotopic (exact) mass is 436 g/mol. The predicted molar refractivity (Wildman–Crippen MR) is 142 cm³/mol. The predicted octanol–water partition coefficient (Wildman–Crippen LogP) is 7.74. The molecule has 2 heteroatoms. The molecular weight excluding hydrogens is 412 g/mol. The Morgan fingerprint density at radius 3 is 1.41 bits per heavy atom. The summed E-state index contributed by atoms with van der Waals surface area (Å²) in [6, 6.07) is 46.9. The summed E-state index contributed by atoms with van der Waals surface area (Å²) in [6.45, 7) is 0. The Balaban J connectivity index is 1.25. The second-order valence-corrected chi connectivity index (χ2v) is 8.54. The molecule has 1 aliphatic heterocycles. The van der Waals surface area contributed by atoms with E-state index in [9.17, 15) is 0 Å². The summed E-state index contributed by atoms with van der Waals surface area (Å²) in [5.41, 5.74) is 9.56. The zero-order chi connectivity index (χ0) is 22.7. The molecule has 0 aromatic heterocycles. The summed E-state index contributed by atoms with van der Waals surface area (Å²) in [5, 5.41) is 3.56. The molecule has 0 saturated heterocycles. The van der Waals surface area contributed by atoms with Crippen LogP contribution in [-0.4, -0.2) is 5.84 Å². The molecule has 1 unspecified atom stereocenters. The summed E-state index contributed by atoms with van der Waals surface area (Å²) in [4.78, 5) is 4.90. The fourth-order valence-electron chi connectivity index (χ4n) is 4.45. The number of aliphatic imine (C=N–C) groups is 1. The van der Waals surface area contributed by atoms with Crippen molar-refractivity contribution in [2.24, 2.45) is 4.99 Å². The van der Waals surface area contributed by atoms with Crippen molar-refractivity contribution >= 4 is 5.84 Å². The first-order valence-corrected chi connectivity index (χ1v) is 11.6. The van der Waals surface area contributed by atoms with E-state index in [1.165, 1.54) is 38.9 Å². The number of hydrogen-bond donors (Lipinski definition) is 1. The van der Waals surface area contributed by atoms with Crippen molar-refractivity contribution in [1.29, 1.82) is 0 Å². The van der Waals surface area contributed by atoms with Crippen molar-refractivity contribution in [2.75, 3.05) is 0 Å². The third-order valence-corrected chi connectivity index (χ3v) is 6.28. The maximum absolute atomic E-state index is 4.90. The molecule has 2 nitrogen and oxygen atoms in total. The molecule has 5 aromatic carbocycles. The number of hydrogen-bond acceptors (Lipinski definition) is 2. The minimum atomic E-state index is -0.0104. The number of nitrogens with zero attached hydrogens (tertiary/aromatic N) is 1. The van der Waals surface area contributed by atoms with Gasteiger partial charge in [0.2, 0.25) is 0 Å². The van der Waals surface area contributed by atoms with Gasteiger partial charge in [-0.25, -0.2) is 4.99 Å². The first kappa shape index (κ1) is 20.2. The minimum Gasteiger partial charge on any atom is -0.344 e. The lowest BCUT2D eigenvalue weighted by atomic mass is 9.97. The van der Waals surface area contributed by atoms with E-state index in [0.717, 1.165) is 11.4 Å². The molecular formula is C32H24N2. The molecule has 1 heterocycles. The van der Waals surface area contributed by atoms with Gasteiger partial charge in [-0.1, -0.05) is 115 Å². The Bertz CT molecular complexity index is 1470. The van der Waals surface area contributed by atoms with Crippen LogP contribution in [0.3, 0.4) is 0 Å². The Kier molecular flexibility index (Phi) is 5.25. The maximum atomic E-state index is 4.90. The van der Waals surface area contributed by atoms with Gasteiger partial charge in [0, 0.05) is 5.56 Å². The molecule has 0 saturated carbocycles. The maximum Gasteiger partial charge on any atom is 0.148 e. The van der Waals surface area contributed by atoms with Crippen molar-refractivity contribution in [1.82, 2.24) is 5.32 Å². The highest BCUT2D eigenvalue weighted by Crippen LogP contribution is 2.30. The van der Waals surface area contributed by atoms with Crippen LogP contribution >= 0.6 is 0 Å². The van der Waals surface area contributed by atoms with Gasteiger partial charge in [-0.15, -0.1) is 0 Å². The van der Waals surface area contributed by atoms with Crippen LogP contribution < -0.4 is 5.32 Å². The van der Waals surface area contributed by atoms with Crippen molar-refractivity contribution in [3.63, 3.8) is 0 Å². The van der Waals surface area contributed by atoms with Crippen LogP contribution in [0.1, 0.15) is 17.3 Å². The Hall–Kier alpha value is -4.43. The molecule has 0 radical (unpaired) electrons. The Labute approximate surface area is 200 Å². The number of nitrogens with one attached hydrogen (secondary N) is 1. The smallest absolute Gasteiger partial charge is 0.148 e. The van der Waals surface area contributed by atoms with Crippen LogP contribution in [0.2, 0.25) is 0 Å². The normalized spacial score (nSPS) is 14.6. The topological polar surface area (TPSA) is 24.4 Å². The largest absolute Gasteiger partial charge is 0.344 e. The molecule has 34 heavy (non-hydrogen) atoms. The van der Waals surface area contributed by atoms with E-state index in [2.05, 4.69) is 127 Å². The summed E-state index contributed by atoms with van der Waals surface area (Å²) in [7, 11) is 0. The molecule has 162 valence electrons. The zero-order valence-corrected chi connectivity index (χ0v) is 18.7. The van der Waals surface area contributed by atoms with Gasteiger partial charge in [-0.2, -0.15) is 0 Å². The highest BCUT2D eigenvalue weighted by atomic mass is 15.2. The Morgan fingerprint density at radius 2 is 0.824 bits per heavy atom. The Morgan fingerprint density at radius 1 is 0.412 bits per heavy atom. The fourth-order valence-corrected chi connectivity index (χ4v) is 4.45. The van der Waals surface area contributed by atoms with Gasteiger partial charge < -0.3 is 5.32 Å². The lowest BCUT2D eigenvalue weighted by molar-refractivity contribution is 0.616. The summed E-state index contributed by atoms with van der Waals surface area (Å²) >= 11 is 0. The zero-order valence-electron chi connectivity index (χ0n) is 18.7. The van der Waals surface area contributed by atoms with Crippen LogP contribution in [0.15, 0.2) is 138 Å². The average molecular weight is 437 g/mol. The molecule has 1 atom stereocenters. The van der Waals surface area contributed by atoms with Crippen LogP contribution in [-0.2, 0) is 0 Å². The van der Waals surface area contributed by atoms with Gasteiger partial charge in [0.25, 0.3) is 0 Å². The van der Waals surface area contributed by atoms with Gasteiger partial charge in [-0.3, -0.25) is 0 Å². The van der Waals surface area contributed by atoms with E-state index in [4.69, 9.17) is 4.99 Å². The highest BCUT2D eigenvalue weighted by Gasteiger charge is 2.23. The molecule has 0 amide bonds. The lowest BCUT2D eigenvalue weighted by Crippen LogP contribution is -2.38. The van der Waals surface area contributed by atoms with Gasteiger partial charge in [0.15, 0.2) is 0 Å². The summed E-state index contributed by atoms with van der Waals surface area (Å²) in [5.74, 6) is 0.941. The molecule has 0 aliphatic carbocycles. The lowest BCUT2D eigenvalue weighted by Gasteiger charge is -2.28. The third kappa shape index (κ3) is 4.02. The quantitative estimate of drug-likeness (QED) is 0.299. The fraction of sp³-hybridized carbons (Fsp3) is 0.0312. The molecule has 0 fully saturated rings. The van der Waals surface area contributed by atoms with Gasteiger partial charge in [0.1, 0.15) is 12.0 Å². The molecule has 1 aliphatic rings. The highest BCUT2D eigenvalue weighted by molar-refractivity contribution is 6.03. The van der Waals surface area contributed by atoms with E-state index in [1.807, 2.05) is 12.1 Å². The first-order valence-electron chi connectivity index (χ1n) is 11.6. The minimum absolute atomic E-state index is 0.0104. The van der Waals surface area contributed by atoms with Crippen LogP contribution in [0.4, 0.5) is 0 Å². The van der Waals surface area contributed by atoms with E-state index in [-0.39, 0.29) is 6.17 Å². The van der Waals surface area contributed by atoms with Crippen molar-refractivity contribution in [3.8, 4) is 33.4 Å². The first-order chi connectivity index (χ1) is 16.8. The van der Waals surface area contributed by atoms with E-state index < -0.39 is 0 Å². The number of benzene rings is 5. The summed E-state index contributed by atoms with van der Waals surface area (Å²) < 4.78 is 0. The second-order valence-electron chi connectivity index (χ2n) is 8.54. The molecule has 6 rings (SSSR count). The van der Waals surface area contributed by atoms with Crippen LogP contribution in [0, 0.1) is 0 Å². The average Bonchev–Trinajstić information content (AvgIpc) is 2.89. The van der Waals surface area contributed by atoms with Crippen LogP contribution in [0.25, 0.3) is 33.4 Å². The molecule has 1 N–H and O–H groups in total. The van der Waals surface area contributed by atoms with Gasteiger partial charge >= 0.3 is 0 Å². The summed E-state index contributed by atoms with van der Waals surface area (Å²) in [6.07, 6.45) is -0.0104. The van der Waals surface area contributed by atoms with E-state index in [0.29, 0.717) is 0 Å². The number of amidine groups is 1. The van der Waals surface area contributed by atoms with Gasteiger partial charge in [0.05, 0.1) is 0 Å². The van der Waals surface area contributed by atoms with E-state index >= 15 is 0 Å². The van der Waals surface area contributed by atoms with Gasteiger partial charge in [-0.05, 0) is 57.1 Å². The van der Waals surface area contributed by atoms with Crippen LogP contribution in [0.5, 0.6) is 0 Å². The van der Waals surface area contributed by atoms with Crippen molar-refractivity contribution in [3.05, 3.63) is 145 Å². The molecule has 5 aromatic rings. The van der Waals surface area contributed by atoms with E-state index in [1.54, 1.807) is 0 Å². The molecule has 0 spiro atoms. The number of rotatable bonds is 5. The standard InChI is InChI=1S/C32H24N2/c1-3-10-23(11-4-1)25-14-7-16-27(20-25)28-17-9-19-30(22-28)32-33-31(34-32)29-18-8-15-26(21-29)24-12-5-2-6-13-24/h1-22,31H,(H,33,34).